The van der Waals surface area contributed by atoms with Crippen LogP contribution in [0.15, 0.2) is 34.5 Å². The lowest BCUT2D eigenvalue weighted by molar-refractivity contribution is -0.132. The Morgan fingerprint density at radius 2 is 1.72 bits per heavy atom. The van der Waals surface area contributed by atoms with Crippen LogP contribution in [-0.4, -0.2) is 52.8 Å². The van der Waals surface area contributed by atoms with Gasteiger partial charge in [0, 0.05) is 45.3 Å². The first-order valence-corrected chi connectivity index (χ1v) is 10.1. The molecule has 4 rings (SSSR count). The van der Waals surface area contributed by atoms with Gasteiger partial charge in [0.05, 0.1) is 11.1 Å². The Hall–Kier alpha value is -3.01. The molecule has 0 aromatic heterocycles. The molecule has 29 heavy (non-hydrogen) atoms. The molecular formula is C22H24N4O3. The zero-order valence-electron chi connectivity index (χ0n) is 16.3. The predicted octanol–water partition coefficient (Wildman–Crippen LogP) is 2.88. The summed E-state index contributed by atoms with van der Waals surface area (Å²) in [4.78, 5) is 40.8. The molecule has 1 aromatic carbocycles. The fourth-order valence-electron chi connectivity index (χ4n) is 4.16. The summed E-state index contributed by atoms with van der Waals surface area (Å²) in [5.41, 5.74) is 0.547. The van der Waals surface area contributed by atoms with Crippen molar-refractivity contribution in [3.8, 4) is 12.3 Å². The van der Waals surface area contributed by atoms with Crippen molar-refractivity contribution in [2.24, 2.45) is 16.1 Å². The van der Waals surface area contributed by atoms with Gasteiger partial charge in [-0.2, -0.15) is 10.2 Å². The molecule has 0 radical (unpaired) electrons. The largest absolute Gasteiger partial charge is 0.343 e. The van der Waals surface area contributed by atoms with Crippen LogP contribution in [0.5, 0.6) is 0 Å². The van der Waals surface area contributed by atoms with E-state index in [2.05, 4.69) is 16.1 Å². The van der Waals surface area contributed by atoms with Gasteiger partial charge < -0.3 is 4.90 Å². The Bertz CT molecular complexity index is 868. The van der Waals surface area contributed by atoms with E-state index in [4.69, 9.17) is 6.42 Å². The average Bonchev–Trinajstić information content (AvgIpc) is 3.49. The van der Waals surface area contributed by atoms with Crippen molar-refractivity contribution in [1.82, 2.24) is 9.80 Å². The lowest BCUT2D eigenvalue weighted by atomic mass is 9.95. The summed E-state index contributed by atoms with van der Waals surface area (Å²) in [7, 11) is 0. The first-order chi connectivity index (χ1) is 14.0. The minimum absolute atomic E-state index is 0.113. The second-order valence-corrected chi connectivity index (χ2v) is 7.98. The zero-order chi connectivity index (χ0) is 20.4. The topological polar surface area (TPSA) is 82.4 Å². The second-order valence-electron chi connectivity index (χ2n) is 7.98. The van der Waals surface area contributed by atoms with Gasteiger partial charge in [0.2, 0.25) is 5.91 Å². The predicted molar refractivity (Wildman–Crippen MR) is 106 cm³/mol. The van der Waals surface area contributed by atoms with Gasteiger partial charge in [-0.25, -0.2) is 0 Å². The summed E-state index contributed by atoms with van der Waals surface area (Å²) < 4.78 is 0. The van der Waals surface area contributed by atoms with Crippen molar-refractivity contribution in [1.29, 1.82) is 0 Å². The molecule has 7 nitrogen and oxygen atoms in total. The van der Waals surface area contributed by atoms with E-state index in [1.54, 1.807) is 24.3 Å². The molecule has 1 saturated heterocycles. The molecule has 0 N–H and O–H groups in total. The normalized spacial score (nSPS) is 20.0. The standard InChI is InChI=1S/C22H24N4O3/c1-2-3-11-22(23-24-22)12-8-19(27)25-13-9-16(10-14-25)15-26-20(28)17-6-4-5-7-18(17)21(26)29/h1,4-7,16H,3,8-15H2. The number of fused-ring (bicyclic) bond motifs is 1. The van der Waals surface area contributed by atoms with Gasteiger partial charge in [-0.05, 0) is 30.9 Å². The minimum Gasteiger partial charge on any atom is -0.343 e. The third-order valence-electron chi connectivity index (χ3n) is 6.08. The van der Waals surface area contributed by atoms with Crippen LogP contribution in [0, 0.1) is 18.3 Å². The molecule has 0 saturated carbocycles. The Labute approximate surface area is 170 Å². The van der Waals surface area contributed by atoms with E-state index in [9.17, 15) is 14.4 Å². The Morgan fingerprint density at radius 3 is 2.28 bits per heavy atom. The number of rotatable bonds is 7. The number of carbonyl (C=O) groups excluding carboxylic acids is 3. The summed E-state index contributed by atoms with van der Waals surface area (Å²) >= 11 is 0. The first-order valence-electron chi connectivity index (χ1n) is 10.1. The highest BCUT2D eigenvalue weighted by Gasteiger charge is 2.40. The smallest absolute Gasteiger partial charge is 0.261 e. The number of piperidine rings is 1. The van der Waals surface area contributed by atoms with Crippen LogP contribution in [0.1, 0.15) is 59.2 Å². The molecule has 7 heteroatoms. The van der Waals surface area contributed by atoms with Crippen LogP contribution in [0.25, 0.3) is 0 Å². The Morgan fingerprint density at radius 1 is 1.10 bits per heavy atom. The number of nitrogens with zero attached hydrogens (tertiary/aromatic N) is 4. The maximum Gasteiger partial charge on any atom is 0.261 e. The molecule has 3 heterocycles. The second kappa shape index (κ2) is 7.78. The molecule has 0 atom stereocenters. The van der Waals surface area contributed by atoms with Gasteiger partial charge in [-0.15, -0.1) is 12.3 Å². The number of likely N-dealkylation sites (tertiary alicyclic amines) is 1. The fourth-order valence-corrected chi connectivity index (χ4v) is 4.16. The minimum atomic E-state index is -0.425. The Balaban J connectivity index is 1.24. The van der Waals surface area contributed by atoms with Crippen LogP contribution >= 0.6 is 0 Å². The highest BCUT2D eigenvalue weighted by molar-refractivity contribution is 6.21. The monoisotopic (exact) mass is 392 g/mol. The van der Waals surface area contributed by atoms with Crippen molar-refractivity contribution in [2.45, 2.75) is 44.2 Å². The summed E-state index contributed by atoms with van der Waals surface area (Å²) in [6.07, 6.45) is 9.23. The number of amides is 3. The van der Waals surface area contributed by atoms with E-state index in [0.717, 1.165) is 12.8 Å². The van der Waals surface area contributed by atoms with Gasteiger partial charge >= 0.3 is 0 Å². The van der Waals surface area contributed by atoms with Crippen LogP contribution in [0.4, 0.5) is 0 Å². The maximum atomic E-state index is 12.5. The quantitative estimate of drug-likeness (QED) is 0.528. The van der Waals surface area contributed by atoms with E-state index in [1.165, 1.54) is 4.90 Å². The van der Waals surface area contributed by atoms with Gasteiger partial charge in [0.25, 0.3) is 11.8 Å². The molecule has 3 aliphatic heterocycles. The molecule has 0 unspecified atom stereocenters. The van der Waals surface area contributed by atoms with Crippen LogP contribution in [0.2, 0.25) is 0 Å². The Kier molecular flexibility index (Phi) is 5.18. The van der Waals surface area contributed by atoms with Gasteiger partial charge in [-0.3, -0.25) is 19.3 Å². The molecule has 0 spiro atoms. The number of hydrogen-bond donors (Lipinski definition) is 0. The van der Waals surface area contributed by atoms with E-state index in [-0.39, 0.29) is 23.6 Å². The van der Waals surface area contributed by atoms with Gasteiger partial charge in [-0.1, -0.05) is 12.1 Å². The molecule has 3 aliphatic rings. The fraction of sp³-hybridized carbons (Fsp3) is 0.500. The summed E-state index contributed by atoms with van der Waals surface area (Å²) in [6.45, 7) is 1.72. The lowest BCUT2D eigenvalue weighted by Crippen LogP contribution is -2.43. The van der Waals surface area contributed by atoms with E-state index < -0.39 is 5.66 Å². The van der Waals surface area contributed by atoms with Crippen molar-refractivity contribution in [2.75, 3.05) is 19.6 Å². The van der Waals surface area contributed by atoms with Gasteiger partial charge in [0.1, 0.15) is 0 Å². The molecular weight excluding hydrogens is 368 g/mol. The highest BCUT2D eigenvalue weighted by Crippen LogP contribution is 2.38. The average molecular weight is 392 g/mol. The third kappa shape index (κ3) is 3.93. The first kappa shape index (κ1) is 19.3. The molecule has 1 fully saturated rings. The molecule has 0 bridgehead atoms. The van der Waals surface area contributed by atoms with E-state index in [0.29, 0.717) is 56.4 Å². The van der Waals surface area contributed by atoms with Crippen LogP contribution < -0.4 is 0 Å². The highest BCUT2D eigenvalue weighted by atomic mass is 16.2. The van der Waals surface area contributed by atoms with E-state index >= 15 is 0 Å². The summed E-state index contributed by atoms with van der Waals surface area (Å²) in [5, 5.41) is 8.16. The third-order valence-corrected chi connectivity index (χ3v) is 6.08. The van der Waals surface area contributed by atoms with Crippen LogP contribution in [-0.2, 0) is 4.79 Å². The molecule has 1 aromatic rings. The van der Waals surface area contributed by atoms with Crippen molar-refractivity contribution in [3.05, 3.63) is 35.4 Å². The van der Waals surface area contributed by atoms with Gasteiger partial charge in [0.15, 0.2) is 5.66 Å². The number of imide groups is 1. The summed E-state index contributed by atoms with van der Waals surface area (Å²) in [6, 6.07) is 6.95. The lowest BCUT2D eigenvalue weighted by Gasteiger charge is -2.33. The number of hydrogen-bond acceptors (Lipinski definition) is 5. The zero-order valence-corrected chi connectivity index (χ0v) is 16.3. The van der Waals surface area contributed by atoms with E-state index in [1.807, 2.05) is 4.90 Å². The van der Waals surface area contributed by atoms with Crippen molar-refractivity contribution < 1.29 is 14.4 Å². The maximum absolute atomic E-state index is 12.5. The van der Waals surface area contributed by atoms with Crippen molar-refractivity contribution >= 4 is 17.7 Å². The molecule has 3 amide bonds. The molecule has 150 valence electrons. The SMILES string of the molecule is C#CCCC1(CCC(=O)N2CCC(CN3C(=O)c4ccccc4C3=O)CC2)N=N1. The van der Waals surface area contributed by atoms with Crippen LogP contribution in [0.3, 0.4) is 0 Å². The van der Waals surface area contributed by atoms with Crippen molar-refractivity contribution in [3.63, 3.8) is 0 Å². The number of carbonyl (C=O) groups is 3. The summed E-state index contributed by atoms with van der Waals surface area (Å²) in [5.74, 6) is 2.51. The number of terminal acetylenes is 1. The number of benzene rings is 1. The molecule has 0 aliphatic carbocycles.